The highest BCUT2D eigenvalue weighted by atomic mass is 16.2. The van der Waals surface area contributed by atoms with Crippen LogP contribution in [0.25, 0.3) is 0 Å². The molecule has 1 aliphatic heterocycles. The minimum Gasteiger partial charge on any atom is -0.357 e. The van der Waals surface area contributed by atoms with Crippen LogP contribution in [0.4, 0.5) is 0 Å². The molecule has 1 aromatic rings. The van der Waals surface area contributed by atoms with Gasteiger partial charge in [-0.2, -0.15) is 0 Å². The largest absolute Gasteiger partial charge is 0.357 e. The summed E-state index contributed by atoms with van der Waals surface area (Å²) in [7, 11) is 0. The predicted octanol–water partition coefficient (Wildman–Crippen LogP) is 2.70. The first-order valence-electron chi connectivity index (χ1n) is 9.44. The molecular formula is C20H32N4O. The van der Waals surface area contributed by atoms with E-state index in [-0.39, 0.29) is 5.91 Å². The molecule has 0 saturated carbocycles. The zero-order chi connectivity index (χ0) is 18.1. The van der Waals surface area contributed by atoms with Gasteiger partial charge in [0.1, 0.15) is 0 Å². The van der Waals surface area contributed by atoms with Crippen LogP contribution in [0.15, 0.2) is 29.3 Å². The number of carbonyl (C=O) groups is 1. The second-order valence-corrected chi connectivity index (χ2v) is 6.95. The molecule has 0 spiro atoms. The molecule has 1 heterocycles. The molecule has 5 nitrogen and oxygen atoms in total. The maximum Gasteiger partial charge on any atom is 0.224 e. The number of likely N-dealkylation sites (tertiary alicyclic amines) is 1. The molecule has 0 bridgehead atoms. The van der Waals surface area contributed by atoms with E-state index >= 15 is 0 Å². The topological polar surface area (TPSA) is 56.7 Å². The molecule has 1 fully saturated rings. The van der Waals surface area contributed by atoms with E-state index in [2.05, 4.69) is 53.7 Å². The highest BCUT2D eigenvalue weighted by Gasteiger charge is 2.20. The maximum absolute atomic E-state index is 12.3. The highest BCUT2D eigenvalue weighted by molar-refractivity contribution is 5.81. The summed E-state index contributed by atoms with van der Waals surface area (Å²) >= 11 is 0. The normalized spacial score (nSPS) is 18.1. The molecule has 0 aromatic heterocycles. The van der Waals surface area contributed by atoms with Crippen LogP contribution in [0.3, 0.4) is 0 Å². The second-order valence-electron chi connectivity index (χ2n) is 6.95. The van der Waals surface area contributed by atoms with Crippen LogP contribution in [0.1, 0.15) is 44.2 Å². The fourth-order valence-corrected chi connectivity index (χ4v) is 3.18. The zero-order valence-corrected chi connectivity index (χ0v) is 15.8. The molecule has 1 unspecified atom stereocenters. The van der Waals surface area contributed by atoms with Gasteiger partial charge in [-0.15, -0.1) is 0 Å². The molecule has 0 radical (unpaired) electrons. The van der Waals surface area contributed by atoms with E-state index in [1.807, 2.05) is 11.8 Å². The van der Waals surface area contributed by atoms with Gasteiger partial charge in [0.15, 0.2) is 5.96 Å². The van der Waals surface area contributed by atoms with E-state index in [0.29, 0.717) is 25.4 Å². The fourth-order valence-electron chi connectivity index (χ4n) is 3.18. The molecule has 5 heteroatoms. The first kappa shape index (κ1) is 19.3. The molecule has 2 N–H and O–H groups in total. The van der Waals surface area contributed by atoms with Gasteiger partial charge >= 0.3 is 0 Å². The predicted molar refractivity (Wildman–Crippen MR) is 104 cm³/mol. The van der Waals surface area contributed by atoms with Gasteiger partial charge in [-0.05, 0) is 38.2 Å². The lowest BCUT2D eigenvalue weighted by atomic mass is 10.00. The Balaban J connectivity index is 1.80. The standard InChI is InChI=1S/C20H32N4O/c1-4-21-20(23-14-18-9-5-7-16(2)13-18)22-11-10-19(25)24-12-6-8-17(3)15-24/h5,7,9,13,17H,4,6,8,10-12,14-15H2,1-3H3,(H2,21,22,23). The quantitative estimate of drug-likeness (QED) is 0.616. The van der Waals surface area contributed by atoms with Gasteiger partial charge in [-0.3, -0.25) is 4.79 Å². The van der Waals surface area contributed by atoms with Crippen molar-refractivity contribution in [2.45, 2.75) is 46.6 Å². The van der Waals surface area contributed by atoms with E-state index in [1.54, 1.807) is 0 Å². The van der Waals surface area contributed by atoms with E-state index in [4.69, 9.17) is 0 Å². The van der Waals surface area contributed by atoms with Crippen LogP contribution in [-0.2, 0) is 11.3 Å². The van der Waals surface area contributed by atoms with Crippen LogP contribution in [-0.4, -0.2) is 42.9 Å². The highest BCUT2D eigenvalue weighted by Crippen LogP contribution is 2.15. The Bertz CT molecular complexity index is 585. The molecule has 1 saturated heterocycles. The number of amides is 1. The smallest absolute Gasteiger partial charge is 0.224 e. The Morgan fingerprint density at radius 3 is 2.92 bits per heavy atom. The van der Waals surface area contributed by atoms with Crippen molar-refractivity contribution in [1.82, 2.24) is 15.5 Å². The van der Waals surface area contributed by atoms with Gasteiger partial charge in [-0.1, -0.05) is 36.8 Å². The Morgan fingerprint density at radius 2 is 2.20 bits per heavy atom. The van der Waals surface area contributed by atoms with Crippen molar-refractivity contribution >= 4 is 11.9 Å². The Kier molecular flexibility index (Phi) is 7.76. The molecule has 2 rings (SSSR count). The van der Waals surface area contributed by atoms with Gasteiger partial charge in [0.2, 0.25) is 5.91 Å². The summed E-state index contributed by atoms with van der Waals surface area (Å²) in [5.74, 6) is 1.64. The molecule has 1 aliphatic rings. The van der Waals surface area contributed by atoms with Crippen LogP contribution in [0.5, 0.6) is 0 Å². The number of hydrogen-bond donors (Lipinski definition) is 2. The molecule has 1 aromatic carbocycles. The number of rotatable bonds is 6. The lowest BCUT2D eigenvalue weighted by Gasteiger charge is -2.31. The van der Waals surface area contributed by atoms with Gasteiger partial charge < -0.3 is 15.5 Å². The number of nitrogens with zero attached hydrogens (tertiary/aromatic N) is 2. The summed E-state index contributed by atoms with van der Waals surface area (Å²) in [5.41, 5.74) is 2.43. The van der Waals surface area contributed by atoms with Gasteiger partial charge in [0.25, 0.3) is 0 Å². The van der Waals surface area contributed by atoms with E-state index in [0.717, 1.165) is 32.0 Å². The van der Waals surface area contributed by atoms with Crippen LogP contribution in [0, 0.1) is 12.8 Å². The lowest BCUT2D eigenvalue weighted by molar-refractivity contribution is -0.132. The molecule has 1 atom stereocenters. The minimum atomic E-state index is 0.244. The van der Waals surface area contributed by atoms with E-state index in [1.165, 1.54) is 17.5 Å². The second kappa shape index (κ2) is 10.1. The van der Waals surface area contributed by atoms with Crippen molar-refractivity contribution in [3.05, 3.63) is 35.4 Å². The number of hydrogen-bond acceptors (Lipinski definition) is 2. The molecule has 1 amide bonds. The van der Waals surface area contributed by atoms with Gasteiger partial charge in [-0.25, -0.2) is 4.99 Å². The van der Waals surface area contributed by atoms with Crippen molar-refractivity contribution in [1.29, 1.82) is 0 Å². The maximum atomic E-state index is 12.3. The third kappa shape index (κ3) is 6.77. The van der Waals surface area contributed by atoms with E-state index < -0.39 is 0 Å². The fraction of sp³-hybridized carbons (Fsp3) is 0.600. The molecule has 0 aliphatic carbocycles. The molecule has 138 valence electrons. The summed E-state index contributed by atoms with van der Waals surface area (Å²) in [6, 6.07) is 8.37. The Morgan fingerprint density at radius 1 is 1.36 bits per heavy atom. The lowest BCUT2D eigenvalue weighted by Crippen LogP contribution is -2.42. The number of guanidine groups is 1. The number of piperidine rings is 1. The van der Waals surface area contributed by atoms with Crippen molar-refractivity contribution < 1.29 is 4.79 Å². The average Bonchev–Trinajstić information content (AvgIpc) is 2.59. The first-order chi connectivity index (χ1) is 12.1. The van der Waals surface area contributed by atoms with Crippen molar-refractivity contribution in [2.24, 2.45) is 10.9 Å². The summed E-state index contributed by atoms with van der Waals surface area (Å²) in [6.07, 6.45) is 2.88. The summed E-state index contributed by atoms with van der Waals surface area (Å²) in [4.78, 5) is 18.9. The monoisotopic (exact) mass is 344 g/mol. The first-order valence-corrected chi connectivity index (χ1v) is 9.44. The molecule has 25 heavy (non-hydrogen) atoms. The summed E-state index contributed by atoms with van der Waals surface area (Å²) < 4.78 is 0. The van der Waals surface area contributed by atoms with E-state index in [9.17, 15) is 4.79 Å². The van der Waals surface area contributed by atoms with Crippen LogP contribution < -0.4 is 10.6 Å². The zero-order valence-electron chi connectivity index (χ0n) is 15.8. The van der Waals surface area contributed by atoms with Crippen molar-refractivity contribution in [2.75, 3.05) is 26.2 Å². The van der Waals surface area contributed by atoms with Crippen molar-refractivity contribution in [3.8, 4) is 0 Å². The number of aliphatic imine (C=N–C) groups is 1. The number of carbonyl (C=O) groups excluding carboxylic acids is 1. The Hall–Kier alpha value is -2.04. The van der Waals surface area contributed by atoms with Gasteiger partial charge in [0.05, 0.1) is 6.54 Å². The molecular weight excluding hydrogens is 312 g/mol. The number of aryl methyl sites for hydroxylation is 1. The average molecular weight is 345 g/mol. The van der Waals surface area contributed by atoms with Gasteiger partial charge in [0, 0.05) is 32.6 Å². The third-order valence-corrected chi connectivity index (χ3v) is 4.49. The van der Waals surface area contributed by atoms with Crippen LogP contribution >= 0.6 is 0 Å². The third-order valence-electron chi connectivity index (χ3n) is 4.49. The Labute approximate surface area is 151 Å². The SMILES string of the molecule is CCNC(=NCc1cccc(C)c1)NCCC(=O)N1CCCC(C)C1. The summed E-state index contributed by atoms with van der Waals surface area (Å²) in [6.45, 7) is 10.2. The van der Waals surface area contributed by atoms with Crippen LogP contribution in [0.2, 0.25) is 0 Å². The summed E-state index contributed by atoms with van der Waals surface area (Å²) in [5, 5.41) is 6.52. The minimum absolute atomic E-state index is 0.244. The van der Waals surface area contributed by atoms with Crippen molar-refractivity contribution in [3.63, 3.8) is 0 Å². The number of benzene rings is 1. The number of nitrogens with one attached hydrogen (secondary N) is 2.